The van der Waals surface area contributed by atoms with E-state index in [1.165, 1.54) is 12.8 Å². The van der Waals surface area contributed by atoms with Crippen LogP contribution in [0.15, 0.2) is 40.8 Å². The lowest BCUT2D eigenvalue weighted by Gasteiger charge is -2.35. The molecule has 1 saturated heterocycles. The van der Waals surface area contributed by atoms with Crippen molar-refractivity contribution in [2.75, 3.05) is 26.7 Å². The Balaban J connectivity index is 0.00000261. The summed E-state index contributed by atoms with van der Waals surface area (Å²) >= 11 is 0. The van der Waals surface area contributed by atoms with Gasteiger partial charge in [0.1, 0.15) is 17.3 Å². The first kappa shape index (κ1) is 21.3. The number of benzene rings is 1. The number of nitrogens with zero attached hydrogens (tertiary/aromatic N) is 1. The maximum atomic E-state index is 12.5. The molecular formula is C21H29ClN2O3. The van der Waals surface area contributed by atoms with Crippen molar-refractivity contribution in [3.05, 3.63) is 53.5 Å². The van der Waals surface area contributed by atoms with Gasteiger partial charge in [-0.05, 0) is 75.2 Å². The van der Waals surface area contributed by atoms with Crippen LogP contribution in [0.25, 0.3) is 0 Å². The molecule has 1 aliphatic rings. The lowest BCUT2D eigenvalue weighted by molar-refractivity contribution is 0.0895. The van der Waals surface area contributed by atoms with E-state index in [9.17, 15) is 4.79 Å². The highest BCUT2D eigenvalue weighted by Crippen LogP contribution is 2.27. The number of piperidine rings is 1. The Morgan fingerprint density at radius 3 is 2.44 bits per heavy atom. The van der Waals surface area contributed by atoms with E-state index in [1.54, 1.807) is 31.4 Å². The SMILES string of the molecule is COc1ccc(C(=O)NCC(c2ccc(C)o2)N2CCC(C)CC2)cc1.Cl. The molecule has 1 aliphatic heterocycles. The normalized spacial score (nSPS) is 16.4. The zero-order valence-corrected chi connectivity index (χ0v) is 17.1. The molecule has 0 radical (unpaired) electrons. The largest absolute Gasteiger partial charge is 0.497 e. The molecule has 1 amide bonds. The molecule has 1 atom stereocenters. The molecule has 27 heavy (non-hydrogen) atoms. The molecule has 1 aromatic heterocycles. The molecular weight excluding hydrogens is 364 g/mol. The Hall–Kier alpha value is -1.98. The number of halogens is 1. The maximum Gasteiger partial charge on any atom is 0.251 e. The van der Waals surface area contributed by atoms with Crippen molar-refractivity contribution in [3.63, 3.8) is 0 Å². The minimum absolute atomic E-state index is 0. The zero-order valence-electron chi connectivity index (χ0n) is 16.2. The van der Waals surface area contributed by atoms with E-state index in [0.717, 1.165) is 36.3 Å². The van der Waals surface area contributed by atoms with Crippen molar-refractivity contribution in [1.82, 2.24) is 10.2 Å². The molecule has 2 heterocycles. The van der Waals surface area contributed by atoms with Crippen molar-refractivity contribution in [2.45, 2.75) is 32.7 Å². The Kier molecular flexibility index (Phi) is 7.75. The van der Waals surface area contributed by atoms with Gasteiger partial charge in [-0.15, -0.1) is 12.4 Å². The van der Waals surface area contributed by atoms with Gasteiger partial charge in [0.25, 0.3) is 5.91 Å². The van der Waals surface area contributed by atoms with E-state index in [2.05, 4.69) is 17.1 Å². The summed E-state index contributed by atoms with van der Waals surface area (Å²) in [5, 5.41) is 3.07. The molecule has 5 nitrogen and oxygen atoms in total. The van der Waals surface area contributed by atoms with Crippen molar-refractivity contribution < 1.29 is 13.9 Å². The molecule has 6 heteroatoms. The van der Waals surface area contributed by atoms with Crippen LogP contribution in [0, 0.1) is 12.8 Å². The van der Waals surface area contributed by atoms with Crippen LogP contribution in [0.4, 0.5) is 0 Å². The molecule has 3 rings (SSSR count). The van der Waals surface area contributed by atoms with E-state index in [4.69, 9.17) is 9.15 Å². The number of hydrogen-bond donors (Lipinski definition) is 1. The van der Waals surface area contributed by atoms with Gasteiger partial charge < -0.3 is 14.5 Å². The predicted molar refractivity (Wildman–Crippen MR) is 109 cm³/mol. The van der Waals surface area contributed by atoms with Gasteiger partial charge in [-0.3, -0.25) is 9.69 Å². The van der Waals surface area contributed by atoms with Crippen LogP contribution >= 0.6 is 12.4 Å². The number of ether oxygens (including phenoxy) is 1. The summed E-state index contributed by atoms with van der Waals surface area (Å²) in [7, 11) is 1.62. The molecule has 0 spiro atoms. The lowest BCUT2D eigenvalue weighted by Crippen LogP contribution is -2.41. The minimum Gasteiger partial charge on any atom is -0.497 e. The first-order valence-electron chi connectivity index (χ1n) is 9.29. The second-order valence-corrected chi connectivity index (χ2v) is 7.12. The minimum atomic E-state index is -0.0775. The summed E-state index contributed by atoms with van der Waals surface area (Å²) in [4.78, 5) is 14.9. The Bertz CT molecular complexity index is 721. The van der Waals surface area contributed by atoms with Crippen molar-refractivity contribution in [3.8, 4) is 5.75 Å². The first-order valence-corrected chi connectivity index (χ1v) is 9.29. The number of amides is 1. The van der Waals surface area contributed by atoms with Gasteiger partial charge in [0.05, 0.1) is 13.2 Å². The Morgan fingerprint density at radius 1 is 1.22 bits per heavy atom. The first-order chi connectivity index (χ1) is 12.6. The van der Waals surface area contributed by atoms with Crippen molar-refractivity contribution in [1.29, 1.82) is 0 Å². The monoisotopic (exact) mass is 392 g/mol. The lowest BCUT2D eigenvalue weighted by atomic mass is 9.97. The van der Waals surface area contributed by atoms with Crippen LogP contribution in [0.5, 0.6) is 5.75 Å². The van der Waals surface area contributed by atoms with Crippen LogP contribution in [0.1, 0.15) is 47.7 Å². The Morgan fingerprint density at radius 2 is 1.89 bits per heavy atom. The maximum absolute atomic E-state index is 12.5. The summed E-state index contributed by atoms with van der Waals surface area (Å²) in [5.41, 5.74) is 0.632. The summed E-state index contributed by atoms with van der Waals surface area (Å²) in [6, 6.07) is 11.2. The summed E-state index contributed by atoms with van der Waals surface area (Å²) in [5.74, 6) is 3.25. The smallest absolute Gasteiger partial charge is 0.251 e. The average molecular weight is 393 g/mol. The Labute approximate surface area is 167 Å². The molecule has 1 N–H and O–H groups in total. The van der Waals surface area contributed by atoms with Gasteiger partial charge in [0.15, 0.2) is 0 Å². The van der Waals surface area contributed by atoms with Crippen LogP contribution in [-0.2, 0) is 0 Å². The van der Waals surface area contributed by atoms with Crippen LogP contribution in [0.2, 0.25) is 0 Å². The molecule has 0 saturated carbocycles. The third kappa shape index (κ3) is 5.50. The van der Waals surface area contributed by atoms with E-state index in [-0.39, 0.29) is 24.4 Å². The molecule has 1 fully saturated rings. The number of rotatable bonds is 6. The highest BCUT2D eigenvalue weighted by Gasteiger charge is 2.27. The molecule has 1 aromatic carbocycles. The van der Waals surface area contributed by atoms with Crippen LogP contribution in [-0.4, -0.2) is 37.6 Å². The number of furan rings is 1. The number of methoxy groups -OCH3 is 1. The number of carbonyl (C=O) groups is 1. The fourth-order valence-electron chi connectivity index (χ4n) is 3.42. The van der Waals surface area contributed by atoms with Crippen LogP contribution < -0.4 is 10.1 Å². The highest BCUT2D eigenvalue weighted by molar-refractivity contribution is 5.94. The second kappa shape index (κ2) is 9.81. The number of aryl methyl sites for hydroxylation is 1. The number of nitrogens with one attached hydrogen (secondary N) is 1. The number of hydrogen-bond acceptors (Lipinski definition) is 4. The number of carbonyl (C=O) groups excluding carboxylic acids is 1. The van der Waals surface area contributed by atoms with Gasteiger partial charge >= 0.3 is 0 Å². The molecule has 2 aromatic rings. The van der Waals surface area contributed by atoms with E-state index >= 15 is 0 Å². The molecule has 0 aliphatic carbocycles. The summed E-state index contributed by atoms with van der Waals surface area (Å²) < 4.78 is 11.0. The van der Waals surface area contributed by atoms with Gasteiger partial charge in [-0.25, -0.2) is 0 Å². The van der Waals surface area contributed by atoms with E-state index in [1.807, 2.05) is 19.1 Å². The molecule has 0 bridgehead atoms. The quantitative estimate of drug-likeness (QED) is 0.799. The average Bonchev–Trinajstić information content (AvgIpc) is 3.09. The molecule has 1 unspecified atom stereocenters. The topological polar surface area (TPSA) is 54.7 Å². The van der Waals surface area contributed by atoms with E-state index < -0.39 is 0 Å². The van der Waals surface area contributed by atoms with Crippen LogP contribution in [0.3, 0.4) is 0 Å². The van der Waals surface area contributed by atoms with Crippen molar-refractivity contribution >= 4 is 18.3 Å². The van der Waals surface area contributed by atoms with Gasteiger partial charge in [-0.1, -0.05) is 6.92 Å². The van der Waals surface area contributed by atoms with Gasteiger partial charge in [0.2, 0.25) is 0 Å². The summed E-state index contributed by atoms with van der Waals surface area (Å²) in [6.07, 6.45) is 2.37. The van der Waals surface area contributed by atoms with Gasteiger partial charge in [0, 0.05) is 12.1 Å². The summed E-state index contributed by atoms with van der Waals surface area (Å²) in [6.45, 7) is 6.85. The van der Waals surface area contributed by atoms with E-state index in [0.29, 0.717) is 12.1 Å². The third-order valence-electron chi connectivity index (χ3n) is 5.16. The highest BCUT2D eigenvalue weighted by atomic mass is 35.5. The number of likely N-dealkylation sites (tertiary alicyclic amines) is 1. The van der Waals surface area contributed by atoms with Gasteiger partial charge in [-0.2, -0.15) is 0 Å². The second-order valence-electron chi connectivity index (χ2n) is 7.12. The molecule has 148 valence electrons. The fraction of sp³-hybridized carbons (Fsp3) is 0.476. The van der Waals surface area contributed by atoms with Crippen molar-refractivity contribution in [2.24, 2.45) is 5.92 Å². The zero-order chi connectivity index (χ0) is 18.5. The predicted octanol–water partition coefficient (Wildman–Crippen LogP) is 4.22. The fourth-order valence-corrected chi connectivity index (χ4v) is 3.42. The third-order valence-corrected chi connectivity index (χ3v) is 5.16. The standard InChI is InChI=1S/C21H28N2O3.ClH/c1-15-10-12-23(13-11-15)19(20-9-4-16(2)26-20)14-22-21(24)17-5-7-18(25-3)8-6-17;/h4-9,15,19H,10-14H2,1-3H3,(H,22,24);1H.